The van der Waals surface area contributed by atoms with Crippen LogP contribution in [0.3, 0.4) is 0 Å². The summed E-state index contributed by atoms with van der Waals surface area (Å²) >= 11 is 0. The first-order chi connectivity index (χ1) is 9.81. The van der Waals surface area contributed by atoms with Gasteiger partial charge in [0.15, 0.2) is 0 Å². The van der Waals surface area contributed by atoms with Crippen LogP contribution >= 0.6 is 0 Å². The third-order valence-electron chi connectivity index (χ3n) is 2.88. The first kappa shape index (κ1) is 14.9. The van der Waals surface area contributed by atoms with E-state index >= 15 is 0 Å². The summed E-state index contributed by atoms with van der Waals surface area (Å²) < 4.78 is 26.8. The van der Waals surface area contributed by atoms with E-state index in [0.29, 0.717) is 11.1 Å². The zero-order valence-electron chi connectivity index (χ0n) is 11.0. The van der Waals surface area contributed by atoms with Crippen molar-refractivity contribution in [2.24, 2.45) is 0 Å². The Bertz CT molecular complexity index is 784. The van der Waals surface area contributed by atoms with Crippen LogP contribution in [-0.2, 0) is 16.6 Å². The second-order valence-corrected chi connectivity index (χ2v) is 6.08. The van der Waals surface area contributed by atoms with Crippen LogP contribution in [-0.4, -0.2) is 23.5 Å². The number of hydrogen-bond donors (Lipinski definition) is 3. The number of nitrogens with two attached hydrogens (primary N) is 1. The number of aryl methyl sites for hydroxylation is 1. The molecule has 0 saturated carbocycles. The Morgan fingerprint density at radius 3 is 2.76 bits per heavy atom. The van der Waals surface area contributed by atoms with Gasteiger partial charge in [0.2, 0.25) is 10.0 Å². The number of benzene rings is 1. The minimum Gasteiger partial charge on any atom is -0.384 e. The van der Waals surface area contributed by atoms with E-state index in [4.69, 9.17) is 5.73 Å². The van der Waals surface area contributed by atoms with Gasteiger partial charge in [-0.3, -0.25) is 15.2 Å². The Kier molecular flexibility index (Phi) is 3.91. The number of sulfonamides is 1. The summed E-state index contributed by atoms with van der Waals surface area (Å²) in [6.45, 7) is 1.50. The molecule has 2 aromatic rings. The summed E-state index contributed by atoms with van der Waals surface area (Å²) in [5.41, 5.74) is 6.17. The highest BCUT2D eigenvalue weighted by atomic mass is 32.2. The third kappa shape index (κ3) is 3.17. The molecule has 0 saturated heterocycles. The molecule has 0 amide bonds. The first-order valence-corrected chi connectivity index (χ1v) is 7.32. The van der Waals surface area contributed by atoms with Gasteiger partial charge in [0.1, 0.15) is 5.82 Å². The lowest BCUT2D eigenvalue weighted by atomic mass is 10.2. The minimum atomic E-state index is -3.89. The molecule has 21 heavy (non-hydrogen) atoms. The van der Waals surface area contributed by atoms with Gasteiger partial charge in [-0.2, -0.15) is 5.10 Å². The maximum Gasteiger partial charge on any atom is 0.270 e. The second-order valence-electron chi connectivity index (χ2n) is 4.34. The quantitative estimate of drug-likeness (QED) is 0.547. The molecule has 0 radical (unpaired) electrons. The van der Waals surface area contributed by atoms with Crippen LogP contribution < -0.4 is 10.5 Å². The predicted octanol–water partition coefficient (Wildman–Crippen LogP) is 0.687. The van der Waals surface area contributed by atoms with E-state index in [2.05, 4.69) is 14.9 Å². The maximum atomic E-state index is 12.2. The molecular formula is C11H13N5O4S. The molecule has 4 N–H and O–H groups in total. The lowest BCUT2D eigenvalue weighted by Gasteiger charge is -2.08. The highest BCUT2D eigenvalue weighted by Crippen LogP contribution is 2.22. The third-order valence-corrected chi connectivity index (χ3v) is 4.42. The summed E-state index contributed by atoms with van der Waals surface area (Å²) in [7, 11) is -3.89. The largest absolute Gasteiger partial charge is 0.384 e. The van der Waals surface area contributed by atoms with E-state index in [1.165, 1.54) is 18.3 Å². The number of H-pyrrole nitrogens is 1. The first-order valence-electron chi connectivity index (χ1n) is 5.83. The average molecular weight is 311 g/mol. The van der Waals surface area contributed by atoms with E-state index in [1.807, 2.05) is 0 Å². The number of nitro benzene ring substituents is 1. The van der Waals surface area contributed by atoms with Crippen molar-refractivity contribution in [2.45, 2.75) is 18.4 Å². The van der Waals surface area contributed by atoms with E-state index in [-0.39, 0.29) is 22.9 Å². The van der Waals surface area contributed by atoms with Gasteiger partial charge in [-0.15, -0.1) is 0 Å². The minimum absolute atomic E-state index is 0.0627. The van der Waals surface area contributed by atoms with Crippen LogP contribution in [0.4, 0.5) is 11.5 Å². The van der Waals surface area contributed by atoms with E-state index < -0.39 is 14.9 Å². The van der Waals surface area contributed by atoms with Gasteiger partial charge in [-0.05, 0) is 12.5 Å². The van der Waals surface area contributed by atoms with Gasteiger partial charge in [0.25, 0.3) is 5.69 Å². The fourth-order valence-corrected chi connectivity index (χ4v) is 2.97. The molecule has 1 aromatic heterocycles. The number of rotatable bonds is 5. The monoisotopic (exact) mass is 311 g/mol. The standard InChI is InChI=1S/C11H13N5O4S/c1-7-2-3-9(16(17)18)4-10(7)21(19,20)14-6-8-5-13-15-11(8)12/h2-5,14H,6H2,1H3,(H3,12,13,15). The van der Waals surface area contributed by atoms with Crippen molar-refractivity contribution in [2.75, 3.05) is 5.73 Å². The number of hydrogen-bond acceptors (Lipinski definition) is 6. The Morgan fingerprint density at radius 2 is 2.19 bits per heavy atom. The molecule has 0 bridgehead atoms. The average Bonchev–Trinajstić information content (AvgIpc) is 2.82. The molecule has 0 atom stereocenters. The highest BCUT2D eigenvalue weighted by Gasteiger charge is 2.20. The van der Waals surface area contributed by atoms with Crippen molar-refractivity contribution in [1.82, 2.24) is 14.9 Å². The topological polar surface area (TPSA) is 144 Å². The van der Waals surface area contributed by atoms with Crippen LogP contribution in [0, 0.1) is 17.0 Å². The Hall–Kier alpha value is -2.46. The van der Waals surface area contributed by atoms with E-state index in [1.54, 1.807) is 6.92 Å². The van der Waals surface area contributed by atoms with Gasteiger partial charge in [0, 0.05) is 24.2 Å². The molecular weight excluding hydrogens is 298 g/mol. The summed E-state index contributed by atoms with van der Waals surface area (Å²) in [5, 5.41) is 16.9. The molecule has 0 aliphatic rings. The van der Waals surface area contributed by atoms with Crippen molar-refractivity contribution >= 4 is 21.5 Å². The molecule has 1 aromatic carbocycles. The number of non-ortho nitro benzene ring substituents is 1. The zero-order chi connectivity index (χ0) is 15.6. The normalized spacial score (nSPS) is 11.5. The number of anilines is 1. The molecule has 112 valence electrons. The smallest absolute Gasteiger partial charge is 0.270 e. The predicted molar refractivity (Wildman–Crippen MR) is 74.9 cm³/mol. The molecule has 10 heteroatoms. The van der Waals surface area contributed by atoms with Crippen molar-refractivity contribution in [3.05, 3.63) is 45.6 Å². The summed E-state index contributed by atoms with van der Waals surface area (Å²) in [4.78, 5) is 9.96. The van der Waals surface area contributed by atoms with Gasteiger partial charge in [0.05, 0.1) is 16.0 Å². The number of aromatic amines is 1. The molecule has 0 fully saturated rings. The molecule has 2 rings (SSSR count). The lowest BCUT2D eigenvalue weighted by Crippen LogP contribution is -2.24. The molecule has 0 unspecified atom stereocenters. The van der Waals surface area contributed by atoms with Crippen LogP contribution in [0.15, 0.2) is 29.3 Å². The van der Waals surface area contributed by atoms with Gasteiger partial charge in [-0.25, -0.2) is 13.1 Å². The van der Waals surface area contributed by atoms with Crippen molar-refractivity contribution in [3.8, 4) is 0 Å². The lowest BCUT2D eigenvalue weighted by molar-refractivity contribution is -0.385. The zero-order valence-corrected chi connectivity index (χ0v) is 11.8. The van der Waals surface area contributed by atoms with E-state index in [9.17, 15) is 18.5 Å². The molecule has 9 nitrogen and oxygen atoms in total. The highest BCUT2D eigenvalue weighted by molar-refractivity contribution is 7.89. The maximum absolute atomic E-state index is 12.2. The van der Waals surface area contributed by atoms with Crippen molar-refractivity contribution in [1.29, 1.82) is 0 Å². The van der Waals surface area contributed by atoms with E-state index in [0.717, 1.165) is 6.07 Å². The Morgan fingerprint density at radius 1 is 1.48 bits per heavy atom. The number of nitrogen functional groups attached to an aromatic ring is 1. The van der Waals surface area contributed by atoms with Gasteiger partial charge in [-0.1, -0.05) is 6.07 Å². The molecule has 0 spiro atoms. The van der Waals surface area contributed by atoms with Crippen molar-refractivity contribution < 1.29 is 13.3 Å². The number of nitrogens with zero attached hydrogens (tertiary/aromatic N) is 2. The number of aromatic nitrogens is 2. The van der Waals surface area contributed by atoms with Crippen LogP contribution in [0.5, 0.6) is 0 Å². The SMILES string of the molecule is Cc1ccc([N+](=O)[O-])cc1S(=O)(=O)NCc1cn[nH]c1N. The second kappa shape index (κ2) is 5.50. The van der Waals surface area contributed by atoms with Crippen molar-refractivity contribution in [3.63, 3.8) is 0 Å². The fourth-order valence-electron chi connectivity index (χ4n) is 1.70. The van der Waals surface area contributed by atoms with Crippen LogP contribution in [0.2, 0.25) is 0 Å². The summed E-state index contributed by atoms with van der Waals surface area (Å²) in [6, 6.07) is 3.66. The molecule has 1 heterocycles. The Labute approximate surface area is 120 Å². The van der Waals surface area contributed by atoms with Crippen LogP contribution in [0.1, 0.15) is 11.1 Å². The van der Waals surface area contributed by atoms with Crippen LogP contribution in [0.25, 0.3) is 0 Å². The molecule has 0 aliphatic heterocycles. The number of nitrogens with one attached hydrogen (secondary N) is 2. The molecule has 0 aliphatic carbocycles. The Balaban J connectivity index is 2.29. The summed E-state index contributed by atoms with van der Waals surface area (Å²) in [5.74, 6) is 0.258. The summed E-state index contributed by atoms with van der Waals surface area (Å²) in [6.07, 6.45) is 1.40. The van der Waals surface area contributed by atoms with Gasteiger partial charge >= 0.3 is 0 Å². The fraction of sp³-hybridized carbons (Fsp3) is 0.182. The number of nitro groups is 1. The van der Waals surface area contributed by atoms with Gasteiger partial charge < -0.3 is 5.73 Å².